The topological polar surface area (TPSA) is 38.3 Å². The third kappa shape index (κ3) is 6.78. The summed E-state index contributed by atoms with van der Waals surface area (Å²) in [4.78, 5) is 11.8. The number of amides is 1. The van der Waals surface area contributed by atoms with Gasteiger partial charge < -0.3 is 10.1 Å². The second-order valence-corrected chi connectivity index (χ2v) is 6.49. The van der Waals surface area contributed by atoms with Gasteiger partial charge >= 0.3 is 0 Å². The third-order valence-electron chi connectivity index (χ3n) is 3.22. The first-order valence-electron chi connectivity index (χ1n) is 7.73. The second kappa shape index (κ2) is 9.26. The van der Waals surface area contributed by atoms with Crippen molar-refractivity contribution in [2.45, 2.75) is 19.6 Å². The molecule has 23 heavy (non-hydrogen) atoms. The Morgan fingerprint density at radius 3 is 2.48 bits per heavy atom. The summed E-state index contributed by atoms with van der Waals surface area (Å²) >= 11 is 1.63. The molecule has 2 rings (SSSR count). The van der Waals surface area contributed by atoms with Gasteiger partial charge in [0.05, 0.1) is 12.3 Å². The normalized spacial score (nSPS) is 10.3. The molecule has 0 aliphatic heterocycles. The number of para-hydroxylation sites is 1. The maximum absolute atomic E-state index is 11.8. The maximum atomic E-state index is 11.8. The van der Waals surface area contributed by atoms with Crippen LogP contribution in [0.4, 0.5) is 0 Å². The summed E-state index contributed by atoms with van der Waals surface area (Å²) in [6, 6.07) is 16.1. The van der Waals surface area contributed by atoms with E-state index in [9.17, 15) is 4.79 Å². The van der Waals surface area contributed by atoms with Gasteiger partial charge in [-0.1, -0.05) is 47.5 Å². The SMILES string of the molecule is Cc1cc(C)cc(CSCC(=O)NCCOc2ccccc2)c1. The Hall–Kier alpha value is -1.94. The highest BCUT2D eigenvalue weighted by molar-refractivity contribution is 7.99. The van der Waals surface area contributed by atoms with Crippen LogP contribution in [0.15, 0.2) is 48.5 Å². The molecular formula is C19H23NO2S. The Morgan fingerprint density at radius 1 is 1.09 bits per heavy atom. The molecule has 0 aliphatic rings. The van der Waals surface area contributed by atoms with Crippen LogP contribution in [0.3, 0.4) is 0 Å². The minimum absolute atomic E-state index is 0.0519. The number of benzene rings is 2. The van der Waals surface area contributed by atoms with Gasteiger partial charge in [0.25, 0.3) is 0 Å². The fourth-order valence-corrected chi connectivity index (χ4v) is 3.13. The van der Waals surface area contributed by atoms with E-state index in [-0.39, 0.29) is 5.91 Å². The number of carbonyl (C=O) groups is 1. The zero-order valence-electron chi connectivity index (χ0n) is 13.7. The summed E-state index contributed by atoms with van der Waals surface area (Å²) < 4.78 is 5.54. The van der Waals surface area contributed by atoms with E-state index in [1.165, 1.54) is 16.7 Å². The number of hydrogen-bond acceptors (Lipinski definition) is 3. The lowest BCUT2D eigenvalue weighted by Crippen LogP contribution is -2.29. The van der Waals surface area contributed by atoms with Gasteiger partial charge in [-0.15, -0.1) is 11.8 Å². The predicted octanol–water partition coefficient (Wildman–Crippen LogP) is 3.73. The summed E-state index contributed by atoms with van der Waals surface area (Å²) in [7, 11) is 0. The summed E-state index contributed by atoms with van der Waals surface area (Å²) in [5.74, 6) is 2.20. The van der Waals surface area contributed by atoms with Gasteiger partial charge in [0.1, 0.15) is 12.4 Å². The third-order valence-corrected chi connectivity index (χ3v) is 4.22. The average Bonchev–Trinajstić information content (AvgIpc) is 2.52. The molecular weight excluding hydrogens is 306 g/mol. The maximum Gasteiger partial charge on any atom is 0.230 e. The van der Waals surface area contributed by atoms with E-state index in [0.29, 0.717) is 18.9 Å². The largest absolute Gasteiger partial charge is 0.492 e. The molecule has 0 spiro atoms. The zero-order chi connectivity index (χ0) is 16.5. The van der Waals surface area contributed by atoms with E-state index >= 15 is 0 Å². The molecule has 2 aromatic carbocycles. The first kappa shape index (κ1) is 17.4. The average molecular weight is 329 g/mol. The van der Waals surface area contributed by atoms with Gasteiger partial charge in [-0.05, 0) is 31.5 Å². The standard InChI is InChI=1S/C19H23NO2S/c1-15-10-16(2)12-17(11-15)13-23-14-19(21)20-8-9-22-18-6-4-3-5-7-18/h3-7,10-12H,8-9,13-14H2,1-2H3,(H,20,21). The van der Waals surface area contributed by atoms with Crippen molar-refractivity contribution in [1.82, 2.24) is 5.32 Å². The molecule has 2 aromatic rings. The lowest BCUT2D eigenvalue weighted by molar-refractivity contribution is -0.118. The highest BCUT2D eigenvalue weighted by atomic mass is 32.2. The van der Waals surface area contributed by atoms with Gasteiger partial charge in [0, 0.05) is 5.75 Å². The molecule has 3 nitrogen and oxygen atoms in total. The monoisotopic (exact) mass is 329 g/mol. The van der Waals surface area contributed by atoms with Crippen LogP contribution >= 0.6 is 11.8 Å². The van der Waals surface area contributed by atoms with Crippen molar-refractivity contribution in [2.24, 2.45) is 0 Å². The van der Waals surface area contributed by atoms with Crippen molar-refractivity contribution in [2.75, 3.05) is 18.9 Å². The summed E-state index contributed by atoms with van der Waals surface area (Å²) in [6.45, 7) is 5.20. The minimum atomic E-state index is 0.0519. The van der Waals surface area contributed by atoms with E-state index in [4.69, 9.17) is 4.74 Å². The van der Waals surface area contributed by atoms with Crippen LogP contribution in [0.1, 0.15) is 16.7 Å². The van der Waals surface area contributed by atoms with E-state index in [1.54, 1.807) is 11.8 Å². The minimum Gasteiger partial charge on any atom is -0.492 e. The van der Waals surface area contributed by atoms with E-state index in [0.717, 1.165) is 11.5 Å². The molecule has 0 saturated carbocycles. The molecule has 0 bridgehead atoms. The van der Waals surface area contributed by atoms with E-state index in [2.05, 4.69) is 37.4 Å². The Labute approximate surface area is 142 Å². The van der Waals surface area contributed by atoms with Crippen molar-refractivity contribution >= 4 is 17.7 Å². The van der Waals surface area contributed by atoms with Crippen LogP contribution < -0.4 is 10.1 Å². The zero-order valence-corrected chi connectivity index (χ0v) is 14.5. The first-order chi connectivity index (χ1) is 11.1. The van der Waals surface area contributed by atoms with Crippen molar-refractivity contribution in [1.29, 1.82) is 0 Å². The molecule has 0 unspecified atom stereocenters. The van der Waals surface area contributed by atoms with Crippen molar-refractivity contribution < 1.29 is 9.53 Å². The molecule has 0 saturated heterocycles. The Morgan fingerprint density at radius 2 is 1.78 bits per heavy atom. The number of rotatable bonds is 8. The van der Waals surface area contributed by atoms with Gasteiger partial charge in [-0.3, -0.25) is 4.79 Å². The molecule has 0 atom stereocenters. The highest BCUT2D eigenvalue weighted by Crippen LogP contribution is 2.15. The first-order valence-corrected chi connectivity index (χ1v) is 8.88. The second-order valence-electron chi connectivity index (χ2n) is 5.50. The molecule has 0 heterocycles. The van der Waals surface area contributed by atoms with Crippen LogP contribution in [0.25, 0.3) is 0 Å². The van der Waals surface area contributed by atoms with E-state index in [1.807, 2.05) is 30.3 Å². The van der Waals surface area contributed by atoms with Crippen LogP contribution in [0, 0.1) is 13.8 Å². The quantitative estimate of drug-likeness (QED) is 0.750. The number of ether oxygens (including phenoxy) is 1. The van der Waals surface area contributed by atoms with Crippen LogP contribution in [-0.2, 0) is 10.5 Å². The smallest absolute Gasteiger partial charge is 0.230 e. The Kier molecular flexibility index (Phi) is 7.01. The lowest BCUT2D eigenvalue weighted by Gasteiger charge is -2.08. The summed E-state index contributed by atoms with van der Waals surface area (Å²) in [5.41, 5.74) is 3.80. The molecule has 0 aromatic heterocycles. The number of nitrogens with one attached hydrogen (secondary N) is 1. The van der Waals surface area contributed by atoms with Crippen molar-refractivity contribution in [3.05, 3.63) is 65.2 Å². The van der Waals surface area contributed by atoms with Crippen molar-refractivity contribution in [3.63, 3.8) is 0 Å². The van der Waals surface area contributed by atoms with Gasteiger partial charge in [-0.25, -0.2) is 0 Å². The molecule has 0 radical (unpaired) electrons. The number of hydrogen-bond donors (Lipinski definition) is 1. The lowest BCUT2D eigenvalue weighted by atomic mass is 10.1. The molecule has 0 aliphatic carbocycles. The fraction of sp³-hybridized carbons (Fsp3) is 0.316. The van der Waals surface area contributed by atoms with Gasteiger partial charge in [-0.2, -0.15) is 0 Å². The number of thioether (sulfide) groups is 1. The summed E-state index contributed by atoms with van der Waals surface area (Å²) in [6.07, 6.45) is 0. The van der Waals surface area contributed by atoms with Crippen molar-refractivity contribution in [3.8, 4) is 5.75 Å². The predicted molar refractivity (Wildman–Crippen MR) is 97.0 cm³/mol. The number of carbonyl (C=O) groups excluding carboxylic acids is 1. The van der Waals surface area contributed by atoms with E-state index < -0.39 is 0 Å². The fourth-order valence-electron chi connectivity index (χ4n) is 2.34. The molecule has 1 amide bonds. The molecule has 0 fully saturated rings. The molecule has 1 N–H and O–H groups in total. The van der Waals surface area contributed by atoms with Gasteiger partial charge in [0.15, 0.2) is 0 Å². The van der Waals surface area contributed by atoms with Gasteiger partial charge in [0.2, 0.25) is 5.91 Å². The molecule has 122 valence electrons. The van der Waals surface area contributed by atoms with Crippen LogP contribution in [-0.4, -0.2) is 24.8 Å². The van der Waals surface area contributed by atoms with Crippen LogP contribution in [0.2, 0.25) is 0 Å². The molecule has 4 heteroatoms. The summed E-state index contributed by atoms with van der Waals surface area (Å²) in [5, 5.41) is 2.88. The Bertz CT molecular complexity index is 608. The number of aryl methyl sites for hydroxylation is 2. The highest BCUT2D eigenvalue weighted by Gasteiger charge is 2.03. The van der Waals surface area contributed by atoms with Crippen LogP contribution in [0.5, 0.6) is 5.75 Å². The Balaban J connectivity index is 1.60.